The Morgan fingerprint density at radius 1 is 1.18 bits per heavy atom. The molecule has 2 aliphatic rings. The summed E-state index contributed by atoms with van der Waals surface area (Å²) in [4.78, 5) is 23.7. The molecule has 0 spiro atoms. The molecule has 0 bridgehead atoms. The summed E-state index contributed by atoms with van der Waals surface area (Å²) >= 11 is 0. The molecule has 0 radical (unpaired) electrons. The van der Waals surface area contributed by atoms with Gasteiger partial charge in [0.05, 0.1) is 6.61 Å². The van der Waals surface area contributed by atoms with E-state index in [2.05, 4.69) is 5.32 Å². The molecule has 0 aromatic carbocycles. The van der Waals surface area contributed by atoms with Gasteiger partial charge in [0.25, 0.3) is 5.79 Å². The van der Waals surface area contributed by atoms with E-state index in [-0.39, 0.29) is 6.04 Å². The Morgan fingerprint density at radius 2 is 1.82 bits per heavy atom. The molecule has 0 aromatic rings. The van der Waals surface area contributed by atoms with Gasteiger partial charge in [0, 0.05) is 33.0 Å². The zero-order valence-electron chi connectivity index (χ0n) is 10.0. The highest BCUT2D eigenvalue weighted by Gasteiger charge is 2.47. The van der Waals surface area contributed by atoms with Gasteiger partial charge >= 0.3 is 11.9 Å². The number of esters is 2. The topological polar surface area (TPSA) is 73.9 Å². The van der Waals surface area contributed by atoms with Crippen LogP contribution in [0.4, 0.5) is 0 Å². The predicted molar refractivity (Wildman–Crippen MR) is 57.0 cm³/mol. The van der Waals surface area contributed by atoms with Gasteiger partial charge in [-0.25, -0.2) is 0 Å². The molecule has 2 fully saturated rings. The first-order valence-corrected chi connectivity index (χ1v) is 5.76. The van der Waals surface area contributed by atoms with E-state index in [1.165, 1.54) is 0 Å². The molecule has 2 saturated heterocycles. The molecule has 0 amide bonds. The zero-order chi connectivity index (χ0) is 12.5. The van der Waals surface area contributed by atoms with E-state index in [0.717, 1.165) is 0 Å². The molecule has 0 aromatic heterocycles. The number of ether oxygens (including phenoxy) is 3. The molecule has 1 N–H and O–H groups in total. The molecule has 6 nitrogen and oxygen atoms in total. The molecule has 0 aliphatic carbocycles. The molecular formula is C11H17NO5. The predicted octanol–water partition coefficient (Wildman–Crippen LogP) is -0.183. The lowest BCUT2D eigenvalue weighted by Crippen LogP contribution is -2.53. The average Bonchev–Trinajstić information content (AvgIpc) is 2.43. The van der Waals surface area contributed by atoms with Crippen LogP contribution in [-0.4, -0.2) is 43.5 Å². The van der Waals surface area contributed by atoms with Crippen molar-refractivity contribution in [1.82, 2.24) is 5.32 Å². The summed E-state index contributed by atoms with van der Waals surface area (Å²) in [6, 6.07) is -0.270. The van der Waals surface area contributed by atoms with Crippen molar-refractivity contribution >= 4 is 11.9 Å². The van der Waals surface area contributed by atoms with Gasteiger partial charge in [-0.05, 0) is 6.42 Å². The lowest BCUT2D eigenvalue weighted by molar-refractivity contribution is -0.241. The number of carbonyl (C=O) groups is 2. The van der Waals surface area contributed by atoms with Gasteiger partial charge < -0.3 is 19.5 Å². The van der Waals surface area contributed by atoms with Gasteiger partial charge in [-0.1, -0.05) is 0 Å². The Bertz CT molecular complexity index is 300. The Morgan fingerprint density at radius 3 is 2.47 bits per heavy atom. The number of carbonyl (C=O) groups excluding carboxylic acids is 2. The molecule has 96 valence electrons. The third kappa shape index (κ3) is 2.76. The first-order chi connectivity index (χ1) is 7.99. The highest BCUT2D eigenvalue weighted by atomic mass is 16.7. The van der Waals surface area contributed by atoms with Crippen LogP contribution in [0.15, 0.2) is 0 Å². The minimum atomic E-state index is -1.16. The number of hydrogen-bond acceptors (Lipinski definition) is 6. The van der Waals surface area contributed by atoms with Gasteiger partial charge in [-0.3, -0.25) is 9.59 Å². The summed E-state index contributed by atoms with van der Waals surface area (Å²) in [7, 11) is 0. The Hall–Kier alpha value is -1.14. The monoisotopic (exact) mass is 243 g/mol. The smallest absolute Gasteiger partial charge is 0.325 e. The molecule has 17 heavy (non-hydrogen) atoms. The Kier molecular flexibility index (Phi) is 3.35. The van der Waals surface area contributed by atoms with E-state index in [4.69, 9.17) is 14.2 Å². The minimum absolute atomic E-state index is 0.270. The zero-order valence-corrected chi connectivity index (χ0v) is 10.0. The van der Waals surface area contributed by atoms with Crippen LogP contribution in [0.3, 0.4) is 0 Å². The number of hydrogen-bond donors (Lipinski definition) is 1. The van der Waals surface area contributed by atoms with Crippen LogP contribution < -0.4 is 5.32 Å². The van der Waals surface area contributed by atoms with Crippen LogP contribution in [0.1, 0.15) is 20.3 Å². The minimum Gasteiger partial charge on any atom is -0.422 e. The van der Waals surface area contributed by atoms with Gasteiger partial charge in [0.1, 0.15) is 0 Å². The largest absolute Gasteiger partial charge is 0.422 e. The molecular weight excluding hydrogens is 226 g/mol. The first kappa shape index (κ1) is 12.3. The van der Waals surface area contributed by atoms with Gasteiger partial charge in [0.15, 0.2) is 5.92 Å². The van der Waals surface area contributed by atoms with Crippen LogP contribution in [0.2, 0.25) is 0 Å². The van der Waals surface area contributed by atoms with E-state index in [9.17, 15) is 9.59 Å². The molecule has 1 atom stereocenters. The van der Waals surface area contributed by atoms with Crippen LogP contribution >= 0.6 is 0 Å². The molecule has 0 saturated carbocycles. The maximum Gasteiger partial charge on any atom is 0.325 e. The van der Waals surface area contributed by atoms with Crippen molar-refractivity contribution in [3.63, 3.8) is 0 Å². The van der Waals surface area contributed by atoms with Crippen molar-refractivity contribution < 1.29 is 23.8 Å². The van der Waals surface area contributed by atoms with Crippen molar-refractivity contribution in [2.24, 2.45) is 5.92 Å². The highest BCUT2D eigenvalue weighted by Crippen LogP contribution is 2.26. The lowest BCUT2D eigenvalue weighted by atomic mass is 9.96. The number of cyclic esters (lactones) is 2. The standard InChI is InChI=1S/C11H17NO5/c1-11(2)16-9(13)8(10(14)17-11)7-3-5-15-6-4-12-7/h7-8,12H,3-6H2,1-2H3. The van der Waals surface area contributed by atoms with E-state index in [1.54, 1.807) is 13.8 Å². The molecule has 2 heterocycles. The number of rotatable bonds is 1. The summed E-state index contributed by atoms with van der Waals surface area (Å²) < 4.78 is 15.4. The Labute approximate surface area is 99.6 Å². The summed E-state index contributed by atoms with van der Waals surface area (Å²) in [6.45, 7) is 4.81. The average molecular weight is 243 g/mol. The number of nitrogens with one attached hydrogen (secondary N) is 1. The molecule has 1 unspecified atom stereocenters. The van der Waals surface area contributed by atoms with E-state index in [1.807, 2.05) is 0 Å². The summed E-state index contributed by atoms with van der Waals surface area (Å²) in [5.74, 6) is -3.09. The van der Waals surface area contributed by atoms with Gasteiger partial charge in [-0.2, -0.15) is 0 Å². The third-order valence-electron chi connectivity index (χ3n) is 2.83. The maximum absolute atomic E-state index is 11.8. The van der Waals surface area contributed by atoms with Crippen molar-refractivity contribution in [1.29, 1.82) is 0 Å². The van der Waals surface area contributed by atoms with Gasteiger partial charge in [-0.15, -0.1) is 0 Å². The van der Waals surface area contributed by atoms with Crippen molar-refractivity contribution in [3.05, 3.63) is 0 Å². The second kappa shape index (κ2) is 4.62. The molecule has 2 aliphatic heterocycles. The van der Waals surface area contributed by atoms with Gasteiger partial charge in [0.2, 0.25) is 0 Å². The highest BCUT2D eigenvalue weighted by molar-refractivity contribution is 5.97. The SMILES string of the molecule is CC1(C)OC(=O)C(C2CCOCCN2)C(=O)O1. The summed E-state index contributed by atoms with van der Waals surface area (Å²) in [5.41, 5.74) is 0. The Balaban J connectivity index is 2.09. The van der Waals surface area contributed by atoms with Crippen molar-refractivity contribution in [2.45, 2.75) is 32.1 Å². The fourth-order valence-corrected chi connectivity index (χ4v) is 2.07. The second-order valence-electron chi connectivity index (χ2n) is 4.68. The van der Waals surface area contributed by atoms with Crippen LogP contribution in [0.5, 0.6) is 0 Å². The molecule has 6 heteroatoms. The van der Waals surface area contributed by atoms with Crippen molar-refractivity contribution in [2.75, 3.05) is 19.8 Å². The van der Waals surface area contributed by atoms with E-state index < -0.39 is 23.6 Å². The maximum atomic E-state index is 11.8. The third-order valence-corrected chi connectivity index (χ3v) is 2.83. The summed E-state index contributed by atoms with van der Waals surface area (Å²) in [5, 5.41) is 3.11. The lowest BCUT2D eigenvalue weighted by Gasteiger charge is -2.35. The second-order valence-corrected chi connectivity index (χ2v) is 4.68. The van der Waals surface area contributed by atoms with Crippen LogP contribution in [0, 0.1) is 5.92 Å². The van der Waals surface area contributed by atoms with Crippen molar-refractivity contribution in [3.8, 4) is 0 Å². The fourth-order valence-electron chi connectivity index (χ4n) is 2.07. The summed E-state index contributed by atoms with van der Waals surface area (Å²) in [6.07, 6.45) is 0.593. The van der Waals surface area contributed by atoms with Crippen LogP contribution in [-0.2, 0) is 23.8 Å². The normalized spacial score (nSPS) is 30.4. The fraction of sp³-hybridized carbons (Fsp3) is 0.818. The van der Waals surface area contributed by atoms with E-state index in [0.29, 0.717) is 26.2 Å². The van der Waals surface area contributed by atoms with Crippen LogP contribution in [0.25, 0.3) is 0 Å². The first-order valence-electron chi connectivity index (χ1n) is 5.76. The molecule has 2 rings (SSSR count). The van der Waals surface area contributed by atoms with E-state index >= 15 is 0 Å². The quantitative estimate of drug-likeness (QED) is 0.508.